The summed E-state index contributed by atoms with van der Waals surface area (Å²) in [6.45, 7) is 0.750. The number of methoxy groups -OCH3 is 1. The Morgan fingerprint density at radius 3 is 3.00 bits per heavy atom. The third kappa shape index (κ3) is 3.49. The van der Waals surface area contributed by atoms with Gasteiger partial charge in [-0.05, 0) is 41.7 Å². The molecule has 0 spiro atoms. The maximum atomic E-state index is 11.4. The fourth-order valence-electron chi connectivity index (χ4n) is 2.76. The molecule has 0 N–H and O–H groups in total. The number of esters is 1. The summed E-state index contributed by atoms with van der Waals surface area (Å²) < 4.78 is 10.5. The number of fused-ring (bicyclic) bond motifs is 1. The summed E-state index contributed by atoms with van der Waals surface area (Å²) in [5.41, 5.74) is 2.56. The molecule has 0 aromatic heterocycles. The number of benzene rings is 1. The highest BCUT2D eigenvalue weighted by molar-refractivity contribution is 7.98. The van der Waals surface area contributed by atoms with Gasteiger partial charge >= 0.3 is 5.97 Å². The Labute approximate surface area is 134 Å². The predicted octanol–water partition coefficient (Wildman–Crippen LogP) is 3.85. The van der Waals surface area contributed by atoms with E-state index in [1.807, 2.05) is 23.9 Å². The van der Waals surface area contributed by atoms with Crippen molar-refractivity contribution < 1.29 is 14.3 Å². The number of carbonyl (C=O) groups is 1. The number of hydrogen-bond donors (Lipinski definition) is 0. The summed E-state index contributed by atoms with van der Waals surface area (Å²) in [6.07, 6.45) is 3.74. The van der Waals surface area contributed by atoms with Crippen molar-refractivity contribution in [2.45, 2.75) is 31.4 Å². The van der Waals surface area contributed by atoms with E-state index in [1.54, 1.807) is 0 Å². The number of ether oxygens (including phenoxy) is 2. The first-order valence-corrected chi connectivity index (χ1v) is 8.74. The summed E-state index contributed by atoms with van der Waals surface area (Å²) >= 11 is 8.03. The van der Waals surface area contributed by atoms with Gasteiger partial charge in [-0.25, -0.2) is 0 Å². The van der Waals surface area contributed by atoms with E-state index in [4.69, 9.17) is 21.1 Å². The first kappa shape index (κ1) is 15.0. The van der Waals surface area contributed by atoms with Crippen LogP contribution in [0.2, 0.25) is 5.02 Å². The molecule has 0 atom stereocenters. The normalized spacial score (nSPS) is 18.0. The van der Waals surface area contributed by atoms with E-state index in [-0.39, 0.29) is 11.4 Å². The molecular weight excluding hydrogens is 308 g/mol. The van der Waals surface area contributed by atoms with E-state index >= 15 is 0 Å². The monoisotopic (exact) mass is 326 g/mol. The lowest BCUT2D eigenvalue weighted by atomic mass is 10.1. The van der Waals surface area contributed by atoms with Crippen molar-refractivity contribution in [2.75, 3.05) is 19.5 Å². The van der Waals surface area contributed by atoms with Crippen LogP contribution in [0.25, 0.3) is 0 Å². The van der Waals surface area contributed by atoms with E-state index in [2.05, 4.69) is 0 Å². The van der Waals surface area contributed by atoms with E-state index in [0.717, 1.165) is 48.1 Å². The van der Waals surface area contributed by atoms with Gasteiger partial charge in [-0.2, -0.15) is 11.8 Å². The van der Waals surface area contributed by atoms with Gasteiger partial charge in [0.1, 0.15) is 5.75 Å². The zero-order valence-corrected chi connectivity index (χ0v) is 13.7. The zero-order chi connectivity index (χ0) is 14.9. The highest BCUT2D eigenvalue weighted by Crippen LogP contribution is 2.51. The number of halogens is 1. The minimum absolute atomic E-state index is 0.0971. The van der Waals surface area contributed by atoms with Gasteiger partial charge in [0.25, 0.3) is 0 Å². The van der Waals surface area contributed by atoms with Crippen molar-refractivity contribution >= 4 is 29.3 Å². The molecule has 0 bridgehead atoms. The second-order valence-electron chi connectivity index (χ2n) is 5.90. The second kappa shape index (κ2) is 6.09. The lowest BCUT2D eigenvalue weighted by Gasteiger charge is -2.14. The highest BCUT2D eigenvalue weighted by Gasteiger charge is 2.44. The van der Waals surface area contributed by atoms with Crippen LogP contribution in [0.4, 0.5) is 0 Å². The molecule has 1 saturated carbocycles. The Kier molecular flexibility index (Phi) is 4.36. The lowest BCUT2D eigenvalue weighted by Crippen LogP contribution is -2.13. The lowest BCUT2D eigenvalue weighted by molar-refractivity contribution is -0.141. The van der Waals surface area contributed by atoms with Gasteiger partial charge in [-0.3, -0.25) is 4.79 Å². The van der Waals surface area contributed by atoms with Crippen molar-refractivity contribution in [3.63, 3.8) is 0 Å². The Hall–Kier alpha value is -0.870. The number of hydrogen-bond acceptors (Lipinski definition) is 4. The molecule has 3 rings (SSSR count). The third-order valence-corrected chi connectivity index (χ3v) is 5.75. The average molecular weight is 327 g/mol. The molecular formula is C16H19ClO3S. The van der Waals surface area contributed by atoms with E-state index in [0.29, 0.717) is 6.42 Å². The van der Waals surface area contributed by atoms with Gasteiger partial charge in [-0.15, -0.1) is 0 Å². The summed E-state index contributed by atoms with van der Waals surface area (Å²) in [6, 6.07) is 4.00. The third-order valence-electron chi connectivity index (χ3n) is 4.20. The van der Waals surface area contributed by atoms with Gasteiger partial charge in [0.05, 0.1) is 20.1 Å². The molecule has 1 aromatic carbocycles. The molecule has 21 heavy (non-hydrogen) atoms. The Balaban J connectivity index is 1.58. The predicted molar refractivity (Wildman–Crippen MR) is 85.1 cm³/mol. The molecule has 0 saturated heterocycles. The van der Waals surface area contributed by atoms with Crippen molar-refractivity contribution in [1.82, 2.24) is 0 Å². The molecule has 1 aliphatic carbocycles. The standard InChI is InChI=1S/C16H19ClO3S/c1-19-14(18)8-16(3-4-16)10-21-9-12-7-13(17)6-11-2-5-20-15(11)12/h6-7H,2-5,8-10H2,1H3. The minimum atomic E-state index is -0.0971. The van der Waals surface area contributed by atoms with Gasteiger partial charge in [0.15, 0.2) is 0 Å². The largest absolute Gasteiger partial charge is 0.493 e. The number of carbonyl (C=O) groups excluding carboxylic acids is 1. The maximum Gasteiger partial charge on any atom is 0.306 e. The molecule has 5 heteroatoms. The Bertz CT molecular complexity index is 555. The van der Waals surface area contributed by atoms with Crippen LogP contribution in [-0.4, -0.2) is 25.4 Å². The molecule has 1 aliphatic heterocycles. The van der Waals surface area contributed by atoms with Crippen molar-refractivity contribution in [3.05, 3.63) is 28.3 Å². The highest BCUT2D eigenvalue weighted by atomic mass is 35.5. The van der Waals surface area contributed by atoms with Crippen LogP contribution in [0.1, 0.15) is 30.4 Å². The van der Waals surface area contributed by atoms with Crippen molar-refractivity contribution in [2.24, 2.45) is 5.41 Å². The van der Waals surface area contributed by atoms with Crippen LogP contribution in [0.15, 0.2) is 12.1 Å². The van der Waals surface area contributed by atoms with Gasteiger partial charge < -0.3 is 9.47 Å². The van der Waals surface area contributed by atoms with E-state index in [1.165, 1.54) is 18.2 Å². The topological polar surface area (TPSA) is 35.5 Å². The van der Waals surface area contributed by atoms with Crippen molar-refractivity contribution in [3.8, 4) is 5.75 Å². The fraction of sp³-hybridized carbons (Fsp3) is 0.562. The fourth-order valence-corrected chi connectivity index (χ4v) is 4.38. The summed E-state index contributed by atoms with van der Waals surface area (Å²) in [5, 5.41) is 0.783. The van der Waals surface area contributed by atoms with Crippen LogP contribution in [0.3, 0.4) is 0 Å². The number of thioether (sulfide) groups is 1. The van der Waals surface area contributed by atoms with Crippen LogP contribution in [-0.2, 0) is 21.7 Å². The summed E-state index contributed by atoms with van der Waals surface area (Å²) in [5.74, 6) is 2.79. The van der Waals surface area contributed by atoms with Crippen LogP contribution >= 0.6 is 23.4 Å². The first-order valence-electron chi connectivity index (χ1n) is 7.21. The van der Waals surface area contributed by atoms with Gasteiger partial charge in [0.2, 0.25) is 0 Å². The maximum absolute atomic E-state index is 11.4. The average Bonchev–Trinajstić information content (AvgIpc) is 3.04. The molecule has 2 aliphatic rings. The summed E-state index contributed by atoms with van der Waals surface area (Å²) in [7, 11) is 1.46. The molecule has 3 nitrogen and oxygen atoms in total. The van der Waals surface area contributed by atoms with Crippen LogP contribution in [0, 0.1) is 5.41 Å². The first-order chi connectivity index (χ1) is 10.1. The Morgan fingerprint density at radius 2 is 2.29 bits per heavy atom. The molecule has 0 unspecified atom stereocenters. The van der Waals surface area contributed by atoms with Gasteiger partial charge in [-0.1, -0.05) is 11.6 Å². The van der Waals surface area contributed by atoms with E-state index < -0.39 is 0 Å². The van der Waals surface area contributed by atoms with Gasteiger partial charge in [0, 0.05) is 22.8 Å². The van der Waals surface area contributed by atoms with E-state index in [9.17, 15) is 4.79 Å². The van der Waals surface area contributed by atoms with Crippen LogP contribution in [0.5, 0.6) is 5.75 Å². The minimum Gasteiger partial charge on any atom is -0.493 e. The molecule has 0 amide bonds. The zero-order valence-electron chi connectivity index (χ0n) is 12.1. The Morgan fingerprint density at radius 1 is 1.48 bits per heavy atom. The van der Waals surface area contributed by atoms with Crippen molar-refractivity contribution in [1.29, 1.82) is 0 Å². The molecule has 0 radical (unpaired) electrons. The molecule has 1 fully saturated rings. The number of rotatable bonds is 6. The molecule has 114 valence electrons. The smallest absolute Gasteiger partial charge is 0.306 e. The molecule has 1 aromatic rings. The SMILES string of the molecule is COC(=O)CC1(CSCc2cc(Cl)cc3c2OCC3)CC1. The van der Waals surface area contributed by atoms with Crippen LogP contribution < -0.4 is 4.74 Å². The second-order valence-corrected chi connectivity index (χ2v) is 7.32. The summed E-state index contributed by atoms with van der Waals surface area (Å²) in [4.78, 5) is 11.4. The molecule has 1 heterocycles. The quantitative estimate of drug-likeness (QED) is 0.744.